The van der Waals surface area contributed by atoms with E-state index in [0.717, 1.165) is 13.0 Å². The van der Waals surface area contributed by atoms with E-state index in [-0.39, 0.29) is 5.41 Å². The lowest BCUT2D eigenvalue weighted by molar-refractivity contribution is 0.218. The second kappa shape index (κ2) is 5.55. The molecule has 2 aromatic rings. The van der Waals surface area contributed by atoms with Gasteiger partial charge in [0.2, 0.25) is 0 Å². The van der Waals surface area contributed by atoms with Gasteiger partial charge in [0.1, 0.15) is 0 Å². The van der Waals surface area contributed by atoms with Gasteiger partial charge in [0, 0.05) is 12.6 Å². The summed E-state index contributed by atoms with van der Waals surface area (Å²) in [5.74, 6) is 0. The fourth-order valence-electron chi connectivity index (χ4n) is 3.42. The molecular weight excluding hydrogens is 266 g/mol. The van der Waals surface area contributed by atoms with Crippen LogP contribution < -0.4 is 0 Å². The summed E-state index contributed by atoms with van der Waals surface area (Å²) in [6.45, 7) is 10.0. The van der Waals surface area contributed by atoms with Gasteiger partial charge in [-0.1, -0.05) is 68.8 Å². The summed E-state index contributed by atoms with van der Waals surface area (Å²) in [7, 11) is 2.24. The minimum Gasteiger partial charge on any atom is -0.295 e. The number of rotatable bonds is 1. The Bertz CT molecular complexity index is 661. The highest BCUT2D eigenvalue weighted by Crippen LogP contribution is 2.33. The molecule has 0 saturated carbocycles. The van der Waals surface area contributed by atoms with Gasteiger partial charge in [-0.3, -0.25) is 4.90 Å². The summed E-state index contributed by atoms with van der Waals surface area (Å²) in [5, 5.41) is 0. The molecule has 2 aromatic carbocycles. The summed E-state index contributed by atoms with van der Waals surface area (Å²) in [4.78, 5) is 2.48. The van der Waals surface area contributed by atoms with Crippen molar-refractivity contribution in [2.24, 2.45) is 0 Å². The zero-order chi connectivity index (χ0) is 15.9. The van der Waals surface area contributed by atoms with Crippen molar-refractivity contribution in [1.29, 1.82) is 0 Å². The molecule has 1 atom stereocenters. The molecule has 0 N–H and O–H groups in total. The van der Waals surface area contributed by atoms with Gasteiger partial charge in [-0.15, -0.1) is 0 Å². The summed E-state index contributed by atoms with van der Waals surface area (Å²) >= 11 is 0. The average molecular weight is 293 g/mol. The SMILES string of the molecule is Cc1ccc2c(c1)CN(C)C(c1ccc(C(C)(C)C)cc1)C2. The van der Waals surface area contributed by atoms with Gasteiger partial charge >= 0.3 is 0 Å². The molecule has 1 unspecified atom stereocenters. The van der Waals surface area contributed by atoms with Crippen LogP contribution in [0.2, 0.25) is 0 Å². The van der Waals surface area contributed by atoms with Crippen LogP contribution in [0.15, 0.2) is 42.5 Å². The first kappa shape index (κ1) is 15.3. The highest BCUT2D eigenvalue weighted by Gasteiger charge is 2.25. The van der Waals surface area contributed by atoms with Crippen molar-refractivity contribution in [1.82, 2.24) is 4.90 Å². The van der Waals surface area contributed by atoms with E-state index in [0.29, 0.717) is 6.04 Å². The Kier molecular flexibility index (Phi) is 3.86. The molecular formula is C21H27N. The van der Waals surface area contributed by atoms with Crippen molar-refractivity contribution in [3.05, 3.63) is 70.3 Å². The fraction of sp³-hybridized carbons (Fsp3) is 0.429. The van der Waals surface area contributed by atoms with Gasteiger partial charge in [0.15, 0.2) is 0 Å². The topological polar surface area (TPSA) is 3.24 Å². The van der Waals surface area contributed by atoms with Crippen molar-refractivity contribution in [3.63, 3.8) is 0 Å². The third-order valence-electron chi connectivity index (χ3n) is 4.89. The number of nitrogens with zero attached hydrogens (tertiary/aromatic N) is 1. The maximum Gasteiger partial charge on any atom is 0.0389 e. The molecule has 1 heteroatoms. The van der Waals surface area contributed by atoms with Gasteiger partial charge in [-0.25, -0.2) is 0 Å². The van der Waals surface area contributed by atoms with Crippen molar-refractivity contribution < 1.29 is 0 Å². The van der Waals surface area contributed by atoms with Crippen molar-refractivity contribution in [2.75, 3.05) is 7.05 Å². The number of hydrogen-bond acceptors (Lipinski definition) is 1. The van der Waals surface area contributed by atoms with E-state index in [9.17, 15) is 0 Å². The highest BCUT2D eigenvalue weighted by molar-refractivity contribution is 5.37. The van der Waals surface area contributed by atoms with Crippen LogP contribution in [0.1, 0.15) is 54.6 Å². The summed E-state index contributed by atoms with van der Waals surface area (Å²) in [6, 6.07) is 16.6. The van der Waals surface area contributed by atoms with E-state index in [4.69, 9.17) is 0 Å². The van der Waals surface area contributed by atoms with E-state index in [2.05, 4.69) is 82.1 Å². The van der Waals surface area contributed by atoms with Gasteiger partial charge in [0.25, 0.3) is 0 Å². The Hall–Kier alpha value is -1.60. The second-order valence-electron chi connectivity index (χ2n) is 7.78. The maximum absolute atomic E-state index is 2.48. The number of hydrogen-bond donors (Lipinski definition) is 0. The Morgan fingerprint density at radius 1 is 0.955 bits per heavy atom. The van der Waals surface area contributed by atoms with Crippen LogP contribution in [0.25, 0.3) is 0 Å². The van der Waals surface area contributed by atoms with Crippen LogP contribution in [0, 0.1) is 6.92 Å². The molecule has 0 saturated heterocycles. The minimum absolute atomic E-state index is 0.223. The number of aryl methyl sites for hydroxylation is 1. The van der Waals surface area contributed by atoms with Crippen molar-refractivity contribution >= 4 is 0 Å². The Balaban J connectivity index is 1.88. The first-order valence-corrected chi connectivity index (χ1v) is 8.24. The molecule has 0 bridgehead atoms. The summed E-state index contributed by atoms with van der Waals surface area (Å²) < 4.78 is 0. The van der Waals surface area contributed by atoms with Crippen LogP contribution in [-0.2, 0) is 18.4 Å². The van der Waals surface area contributed by atoms with Gasteiger partial charge < -0.3 is 0 Å². The quantitative estimate of drug-likeness (QED) is 0.713. The highest BCUT2D eigenvalue weighted by atomic mass is 15.1. The molecule has 22 heavy (non-hydrogen) atoms. The predicted octanol–water partition coefficient (Wildman–Crippen LogP) is 5.02. The van der Waals surface area contributed by atoms with Crippen LogP contribution in [0.3, 0.4) is 0 Å². The number of benzene rings is 2. The van der Waals surface area contributed by atoms with E-state index >= 15 is 0 Å². The molecule has 0 fully saturated rings. The molecule has 1 aliphatic heterocycles. The molecule has 0 amide bonds. The first-order chi connectivity index (χ1) is 10.3. The molecule has 1 nitrogen and oxygen atoms in total. The molecule has 3 rings (SSSR count). The van der Waals surface area contributed by atoms with Crippen LogP contribution in [0.4, 0.5) is 0 Å². The lowest BCUT2D eigenvalue weighted by Crippen LogP contribution is -2.31. The van der Waals surface area contributed by atoms with Gasteiger partial charge in [-0.05, 0) is 48.1 Å². The smallest absolute Gasteiger partial charge is 0.0389 e. The third kappa shape index (κ3) is 2.96. The summed E-state index contributed by atoms with van der Waals surface area (Å²) in [6.07, 6.45) is 1.11. The normalized spacial score (nSPS) is 19.0. The van der Waals surface area contributed by atoms with E-state index in [1.807, 2.05) is 0 Å². The van der Waals surface area contributed by atoms with Crippen LogP contribution >= 0.6 is 0 Å². The number of fused-ring (bicyclic) bond motifs is 1. The summed E-state index contributed by atoms with van der Waals surface area (Å²) in [5.41, 5.74) is 7.42. The first-order valence-electron chi connectivity index (χ1n) is 8.24. The Morgan fingerprint density at radius 2 is 1.64 bits per heavy atom. The monoisotopic (exact) mass is 293 g/mol. The fourth-order valence-corrected chi connectivity index (χ4v) is 3.42. The molecule has 1 heterocycles. The second-order valence-corrected chi connectivity index (χ2v) is 7.78. The number of likely N-dealkylation sites (N-methyl/N-ethyl adjacent to an activating group) is 1. The molecule has 0 aromatic heterocycles. The molecule has 0 aliphatic carbocycles. The van der Waals surface area contributed by atoms with Gasteiger partial charge in [-0.2, -0.15) is 0 Å². The van der Waals surface area contributed by atoms with Crippen molar-refractivity contribution in [2.45, 2.75) is 52.1 Å². The Labute approximate surface area is 135 Å². The lowest BCUT2D eigenvalue weighted by Gasteiger charge is -2.35. The van der Waals surface area contributed by atoms with E-state index < -0.39 is 0 Å². The maximum atomic E-state index is 2.48. The largest absolute Gasteiger partial charge is 0.295 e. The molecule has 0 spiro atoms. The average Bonchev–Trinajstić information content (AvgIpc) is 2.45. The van der Waals surface area contributed by atoms with Crippen molar-refractivity contribution in [3.8, 4) is 0 Å². The van der Waals surface area contributed by atoms with Crippen LogP contribution in [0.5, 0.6) is 0 Å². The van der Waals surface area contributed by atoms with E-state index in [1.165, 1.54) is 27.8 Å². The minimum atomic E-state index is 0.223. The van der Waals surface area contributed by atoms with Crippen LogP contribution in [-0.4, -0.2) is 11.9 Å². The standard InChI is InChI=1S/C21H27N/c1-15-6-7-17-13-20(22(5)14-18(17)12-15)16-8-10-19(11-9-16)21(2,3)4/h6-12,20H,13-14H2,1-5H3. The molecule has 1 aliphatic rings. The lowest BCUT2D eigenvalue weighted by atomic mass is 9.84. The van der Waals surface area contributed by atoms with Gasteiger partial charge in [0.05, 0.1) is 0 Å². The Morgan fingerprint density at radius 3 is 2.27 bits per heavy atom. The zero-order valence-corrected chi connectivity index (χ0v) is 14.5. The third-order valence-corrected chi connectivity index (χ3v) is 4.89. The predicted molar refractivity (Wildman–Crippen MR) is 94.2 cm³/mol. The molecule has 116 valence electrons. The molecule has 0 radical (unpaired) electrons. The zero-order valence-electron chi connectivity index (χ0n) is 14.5. The van der Waals surface area contributed by atoms with E-state index in [1.54, 1.807) is 0 Å².